The van der Waals surface area contributed by atoms with Crippen LogP contribution in [0.25, 0.3) is 0 Å². The minimum Gasteiger partial charge on any atom is -0.293 e. The second-order valence-electron chi connectivity index (χ2n) is 5.14. The molecular formula is C17H14BrClO. The van der Waals surface area contributed by atoms with Crippen LogP contribution in [-0.2, 0) is 6.42 Å². The van der Waals surface area contributed by atoms with Crippen LogP contribution in [0.15, 0.2) is 46.9 Å². The maximum Gasteiger partial charge on any atom is 0.170 e. The molecule has 0 spiro atoms. The standard InChI is InChI=1S/C17H14BrClO/c18-15-9-8-12(10-16(15)19)17(20)14-7-3-5-11-4-1-2-6-13(11)14/h1-2,4,6,8-10,14H,3,5,7H2. The van der Waals surface area contributed by atoms with Crippen LogP contribution in [-0.4, -0.2) is 5.78 Å². The summed E-state index contributed by atoms with van der Waals surface area (Å²) in [5, 5.41) is 0.583. The first-order valence-corrected chi connectivity index (χ1v) is 7.91. The van der Waals surface area contributed by atoms with Gasteiger partial charge in [-0.3, -0.25) is 4.79 Å². The van der Waals surface area contributed by atoms with Crippen LogP contribution in [0, 0.1) is 0 Å². The SMILES string of the molecule is O=C(c1ccc(Br)c(Cl)c1)C1CCCc2ccccc21. The Morgan fingerprint density at radius 1 is 1.20 bits per heavy atom. The Labute approximate surface area is 132 Å². The fourth-order valence-corrected chi connectivity index (χ4v) is 3.30. The Morgan fingerprint density at radius 3 is 2.80 bits per heavy atom. The van der Waals surface area contributed by atoms with Gasteiger partial charge in [0.15, 0.2) is 5.78 Å². The van der Waals surface area contributed by atoms with Crippen LogP contribution in [0.4, 0.5) is 0 Å². The number of hydrogen-bond acceptors (Lipinski definition) is 1. The van der Waals surface area contributed by atoms with Crippen molar-refractivity contribution in [2.75, 3.05) is 0 Å². The lowest BCUT2D eigenvalue weighted by Crippen LogP contribution is -2.18. The summed E-state index contributed by atoms with van der Waals surface area (Å²) in [6.45, 7) is 0. The number of ketones is 1. The van der Waals surface area contributed by atoms with Crippen LogP contribution in [0.3, 0.4) is 0 Å². The van der Waals surface area contributed by atoms with E-state index in [1.54, 1.807) is 6.07 Å². The fourth-order valence-electron chi connectivity index (χ4n) is 2.88. The topological polar surface area (TPSA) is 17.1 Å². The predicted octanol–water partition coefficient (Wildman–Crippen LogP) is 5.41. The number of hydrogen-bond donors (Lipinski definition) is 0. The van der Waals surface area contributed by atoms with Gasteiger partial charge in [-0.2, -0.15) is 0 Å². The van der Waals surface area contributed by atoms with Gasteiger partial charge in [0, 0.05) is 16.0 Å². The number of carbonyl (C=O) groups excluding carboxylic acids is 1. The summed E-state index contributed by atoms with van der Waals surface area (Å²) in [6.07, 6.45) is 3.06. The van der Waals surface area contributed by atoms with Crippen LogP contribution >= 0.6 is 27.5 Å². The van der Waals surface area contributed by atoms with Gasteiger partial charge in [-0.25, -0.2) is 0 Å². The third kappa shape index (κ3) is 2.55. The number of fused-ring (bicyclic) bond motifs is 1. The maximum absolute atomic E-state index is 12.8. The lowest BCUT2D eigenvalue weighted by molar-refractivity contribution is 0.0951. The summed E-state index contributed by atoms with van der Waals surface area (Å²) >= 11 is 9.45. The second-order valence-corrected chi connectivity index (χ2v) is 6.40. The lowest BCUT2D eigenvalue weighted by atomic mass is 9.79. The van der Waals surface area contributed by atoms with E-state index in [0.717, 1.165) is 23.7 Å². The number of halogens is 2. The van der Waals surface area contributed by atoms with Gasteiger partial charge in [-0.15, -0.1) is 0 Å². The third-order valence-electron chi connectivity index (χ3n) is 3.89. The number of aryl methyl sites for hydroxylation is 1. The maximum atomic E-state index is 12.8. The van der Waals surface area contributed by atoms with E-state index in [4.69, 9.17) is 11.6 Å². The van der Waals surface area contributed by atoms with Gasteiger partial charge in [0.2, 0.25) is 0 Å². The predicted molar refractivity (Wildman–Crippen MR) is 85.6 cm³/mol. The van der Waals surface area contributed by atoms with Crippen molar-refractivity contribution in [2.24, 2.45) is 0 Å². The van der Waals surface area contributed by atoms with Crippen molar-refractivity contribution in [1.29, 1.82) is 0 Å². The van der Waals surface area contributed by atoms with Crippen molar-refractivity contribution in [3.63, 3.8) is 0 Å². The van der Waals surface area contributed by atoms with Crippen LogP contribution < -0.4 is 0 Å². The summed E-state index contributed by atoms with van der Waals surface area (Å²) in [6, 6.07) is 13.7. The molecule has 1 aliphatic rings. The molecule has 0 saturated carbocycles. The van der Waals surface area contributed by atoms with Crippen molar-refractivity contribution in [2.45, 2.75) is 25.2 Å². The zero-order chi connectivity index (χ0) is 14.1. The van der Waals surface area contributed by atoms with Gasteiger partial charge >= 0.3 is 0 Å². The number of Topliss-reactive ketones (excluding diaryl/α,β-unsaturated/α-hetero) is 1. The van der Waals surface area contributed by atoms with E-state index in [1.165, 1.54) is 11.1 Å². The average molecular weight is 350 g/mol. The molecule has 0 bridgehead atoms. The normalized spacial score (nSPS) is 17.6. The van der Waals surface area contributed by atoms with E-state index in [-0.39, 0.29) is 11.7 Å². The van der Waals surface area contributed by atoms with E-state index in [0.29, 0.717) is 10.6 Å². The lowest BCUT2D eigenvalue weighted by Gasteiger charge is -2.24. The monoisotopic (exact) mass is 348 g/mol. The highest BCUT2D eigenvalue weighted by Crippen LogP contribution is 2.35. The number of carbonyl (C=O) groups is 1. The molecule has 0 amide bonds. The highest BCUT2D eigenvalue weighted by atomic mass is 79.9. The molecule has 0 saturated heterocycles. The molecule has 0 heterocycles. The molecular weight excluding hydrogens is 336 g/mol. The smallest absolute Gasteiger partial charge is 0.170 e. The molecule has 1 aliphatic carbocycles. The summed E-state index contributed by atoms with van der Waals surface area (Å²) in [5.41, 5.74) is 3.18. The third-order valence-corrected chi connectivity index (χ3v) is 5.12. The molecule has 102 valence electrons. The number of rotatable bonds is 2. The second kappa shape index (κ2) is 5.71. The van der Waals surface area contributed by atoms with Crippen LogP contribution in [0.2, 0.25) is 5.02 Å². The largest absolute Gasteiger partial charge is 0.293 e. The molecule has 0 aliphatic heterocycles. The van der Waals surface area contributed by atoms with Crippen molar-refractivity contribution >= 4 is 33.3 Å². The van der Waals surface area contributed by atoms with E-state index in [9.17, 15) is 4.79 Å². The number of benzene rings is 2. The first kappa shape index (κ1) is 13.8. The highest BCUT2D eigenvalue weighted by Gasteiger charge is 2.27. The molecule has 0 fully saturated rings. The van der Waals surface area contributed by atoms with Gasteiger partial charge in [0.1, 0.15) is 0 Å². The Kier molecular flexibility index (Phi) is 3.95. The van der Waals surface area contributed by atoms with Gasteiger partial charge in [0.25, 0.3) is 0 Å². The minimum absolute atomic E-state index is 0.0304. The highest BCUT2D eigenvalue weighted by molar-refractivity contribution is 9.10. The molecule has 2 aromatic carbocycles. The molecule has 2 aromatic rings. The van der Waals surface area contributed by atoms with Gasteiger partial charge in [-0.1, -0.05) is 41.9 Å². The van der Waals surface area contributed by atoms with E-state index in [2.05, 4.69) is 28.1 Å². The van der Waals surface area contributed by atoms with E-state index in [1.807, 2.05) is 24.3 Å². The minimum atomic E-state index is -0.0304. The van der Waals surface area contributed by atoms with Crippen LogP contribution in [0.5, 0.6) is 0 Å². The Hall–Kier alpha value is -1.12. The average Bonchev–Trinajstić information content (AvgIpc) is 2.49. The summed E-state index contributed by atoms with van der Waals surface area (Å²) in [4.78, 5) is 12.8. The Bertz CT molecular complexity index is 666. The summed E-state index contributed by atoms with van der Waals surface area (Å²) in [7, 11) is 0. The molecule has 20 heavy (non-hydrogen) atoms. The molecule has 0 radical (unpaired) electrons. The summed E-state index contributed by atoms with van der Waals surface area (Å²) in [5.74, 6) is 0.142. The van der Waals surface area contributed by atoms with Gasteiger partial charge in [-0.05, 0) is 58.5 Å². The molecule has 3 heteroatoms. The molecule has 1 nitrogen and oxygen atoms in total. The Balaban J connectivity index is 1.97. The van der Waals surface area contributed by atoms with Crippen molar-refractivity contribution in [3.8, 4) is 0 Å². The van der Waals surface area contributed by atoms with E-state index < -0.39 is 0 Å². The van der Waals surface area contributed by atoms with Crippen molar-refractivity contribution < 1.29 is 4.79 Å². The molecule has 0 N–H and O–H groups in total. The van der Waals surface area contributed by atoms with Crippen LogP contribution in [0.1, 0.15) is 40.2 Å². The molecule has 3 rings (SSSR count). The van der Waals surface area contributed by atoms with Crippen molar-refractivity contribution in [3.05, 3.63) is 68.7 Å². The van der Waals surface area contributed by atoms with E-state index >= 15 is 0 Å². The first-order valence-electron chi connectivity index (χ1n) is 6.74. The fraction of sp³-hybridized carbons (Fsp3) is 0.235. The Morgan fingerprint density at radius 2 is 2.00 bits per heavy atom. The molecule has 1 unspecified atom stereocenters. The van der Waals surface area contributed by atoms with Gasteiger partial charge < -0.3 is 0 Å². The van der Waals surface area contributed by atoms with Crippen molar-refractivity contribution in [1.82, 2.24) is 0 Å². The summed E-state index contributed by atoms with van der Waals surface area (Å²) < 4.78 is 0.819. The molecule has 1 atom stereocenters. The zero-order valence-electron chi connectivity index (χ0n) is 10.9. The first-order chi connectivity index (χ1) is 9.66. The quantitative estimate of drug-likeness (QED) is 0.663. The molecule has 0 aromatic heterocycles. The van der Waals surface area contributed by atoms with Gasteiger partial charge in [0.05, 0.1) is 5.02 Å². The zero-order valence-corrected chi connectivity index (χ0v) is 13.2.